The minimum absolute atomic E-state index is 0.0165. The van der Waals surface area contributed by atoms with Crippen molar-refractivity contribution in [1.82, 2.24) is 14.3 Å². The van der Waals surface area contributed by atoms with Crippen LogP contribution in [0.4, 0.5) is 0 Å². The average Bonchev–Trinajstić information content (AvgIpc) is 3.17. The van der Waals surface area contributed by atoms with Crippen LogP contribution in [0.2, 0.25) is 0 Å². The largest absolute Gasteiger partial charge is 0.464 e. The summed E-state index contributed by atoms with van der Waals surface area (Å²) in [5.74, 6) is 2.51. The van der Waals surface area contributed by atoms with Gasteiger partial charge in [-0.15, -0.1) is 0 Å². The molecule has 2 heterocycles. The minimum Gasteiger partial charge on any atom is -0.464 e. The summed E-state index contributed by atoms with van der Waals surface area (Å²) in [6, 6.07) is 7.88. The quantitative estimate of drug-likeness (QED) is 0.645. The Bertz CT molecular complexity index is 1240. The molecule has 0 spiro atoms. The molecule has 1 fully saturated rings. The Hall–Kier alpha value is -2.65. The molecule has 0 unspecified atom stereocenters. The molecule has 0 radical (unpaired) electrons. The predicted octanol–water partition coefficient (Wildman–Crippen LogP) is 1.75. The Morgan fingerprint density at radius 3 is 2.44 bits per heavy atom. The van der Waals surface area contributed by atoms with E-state index in [-0.39, 0.29) is 17.0 Å². The van der Waals surface area contributed by atoms with E-state index in [1.165, 1.54) is 29.6 Å². The number of aromatic amines is 2. The Morgan fingerprint density at radius 2 is 1.78 bits per heavy atom. The number of aromatic nitrogens is 2. The number of sulfonamides is 1. The molecule has 2 N–H and O–H groups in total. The van der Waals surface area contributed by atoms with Gasteiger partial charge in [0.2, 0.25) is 10.0 Å². The van der Waals surface area contributed by atoms with Gasteiger partial charge in [-0.1, -0.05) is 6.92 Å². The first-order valence-electron chi connectivity index (χ1n) is 8.57. The number of rotatable bonds is 5. The van der Waals surface area contributed by atoms with Crippen molar-refractivity contribution in [3.05, 3.63) is 62.6 Å². The topological polar surface area (TPSA) is 116 Å². The minimum atomic E-state index is -3.80. The van der Waals surface area contributed by atoms with E-state index in [0.717, 1.165) is 12.2 Å². The first-order valence-corrected chi connectivity index (χ1v) is 10.0. The van der Waals surface area contributed by atoms with Gasteiger partial charge in [-0.25, -0.2) is 8.42 Å². The number of benzene rings is 1. The Kier molecular flexibility index (Phi) is 4.08. The molecule has 9 heteroatoms. The van der Waals surface area contributed by atoms with Crippen LogP contribution >= 0.6 is 0 Å². The van der Waals surface area contributed by atoms with Crippen molar-refractivity contribution < 1.29 is 12.8 Å². The first kappa shape index (κ1) is 17.7. The van der Waals surface area contributed by atoms with Gasteiger partial charge >= 0.3 is 11.1 Å². The van der Waals surface area contributed by atoms with Crippen LogP contribution in [0.15, 0.2) is 49.2 Å². The van der Waals surface area contributed by atoms with Gasteiger partial charge in [-0.3, -0.25) is 9.59 Å². The van der Waals surface area contributed by atoms with Crippen molar-refractivity contribution in [3.63, 3.8) is 0 Å². The van der Waals surface area contributed by atoms with Crippen LogP contribution in [0.5, 0.6) is 0 Å². The summed E-state index contributed by atoms with van der Waals surface area (Å²) in [4.78, 5) is 27.7. The molecule has 2 aromatic heterocycles. The maximum atomic E-state index is 12.9. The number of furan rings is 1. The standard InChI is InChI=1S/C18H19N3O5S/c1-10-7-13(10)16-6-3-11(26-16)9-21(2)27(24,25)12-4-5-14-15(8-12)20-18(23)17(22)19-14/h3-6,8,10,13H,7,9H2,1-2H3,(H,19,22)(H,20,23)/t10-,13+/m1/s1. The molecule has 142 valence electrons. The zero-order valence-corrected chi connectivity index (χ0v) is 15.7. The zero-order valence-electron chi connectivity index (χ0n) is 14.9. The summed E-state index contributed by atoms with van der Waals surface area (Å²) in [6.07, 6.45) is 1.10. The number of hydrogen-bond acceptors (Lipinski definition) is 5. The lowest BCUT2D eigenvalue weighted by Crippen LogP contribution is -2.29. The molecule has 3 aromatic rings. The van der Waals surface area contributed by atoms with E-state index in [4.69, 9.17) is 4.42 Å². The van der Waals surface area contributed by atoms with E-state index in [2.05, 4.69) is 16.9 Å². The van der Waals surface area contributed by atoms with Crippen molar-refractivity contribution in [2.24, 2.45) is 5.92 Å². The molecule has 1 saturated carbocycles. The van der Waals surface area contributed by atoms with Crippen LogP contribution in [-0.4, -0.2) is 29.7 Å². The molecule has 8 nitrogen and oxygen atoms in total. The summed E-state index contributed by atoms with van der Waals surface area (Å²) >= 11 is 0. The third kappa shape index (κ3) is 3.24. The summed E-state index contributed by atoms with van der Waals surface area (Å²) in [5.41, 5.74) is -1.01. The average molecular weight is 389 g/mol. The van der Waals surface area contributed by atoms with Crippen LogP contribution in [0.1, 0.15) is 30.8 Å². The van der Waals surface area contributed by atoms with Gasteiger partial charge in [0, 0.05) is 13.0 Å². The number of nitrogens with zero attached hydrogens (tertiary/aromatic N) is 1. The lowest BCUT2D eigenvalue weighted by atomic mass is 10.3. The Balaban J connectivity index is 1.61. The summed E-state index contributed by atoms with van der Waals surface area (Å²) in [5, 5.41) is 0. The second-order valence-electron chi connectivity index (χ2n) is 7.00. The molecule has 4 rings (SSSR count). The highest BCUT2D eigenvalue weighted by Gasteiger charge is 2.36. The molecule has 27 heavy (non-hydrogen) atoms. The van der Waals surface area contributed by atoms with Gasteiger partial charge < -0.3 is 14.4 Å². The summed E-state index contributed by atoms with van der Waals surface area (Å²) in [6.45, 7) is 2.25. The zero-order chi connectivity index (χ0) is 19.3. The molecule has 0 bridgehead atoms. The van der Waals surface area contributed by atoms with E-state index in [0.29, 0.717) is 23.1 Å². The van der Waals surface area contributed by atoms with Crippen molar-refractivity contribution >= 4 is 21.1 Å². The molecule has 0 amide bonds. The van der Waals surface area contributed by atoms with E-state index in [1.54, 1.807) is 6.07 Å². The van der Waals surface area contributed by atoms with E-state index < -0.39 is 21.1 Å². The second-order valence-corrected chi connectivity index (χ2v) is 9.05. The van der Waals surface area contributed by atoms with E-state index in [1.807, 2.05) is 6.07 Å². The van der Waals surface area contributed by atoms with Gasteiger partial charge in [-0.2, -0.15) is 4.31 Å². The number of nitrogens with one attached hydrogen (secondary N) is 2. The predicted molar refractivity (Wildman–Crippen MR) is 99.1 cm³/mol. The van der Waals surface area contributed by atoms with Gasteiger partial charge in [0.05, 0.1) is 22.5 Å². The number of fused-ring (bicyclic) bond motifs is 1. The highest BCUT2D eigenvalue weighted by Crippen LogP contribution is 2.47. The molecule has 0 aliphatic heterocycles. The fraction of sp³-hybridized carbons (Fsp3) is 0.333. The molecule has 1 aliphatic carbocycles. The van der Waals surface area contributed by atoms with Crippen LogP contribution in [0, 0.1) is 5.92 Å². The van der Waals surface area contributed by atoms with Crippen LogP contribution in [-0.2, 0) is 16.6 Å². The van der Waals surface area contributed by atoms with Crippen molar-refractivity contribution in [1.29, 1.82) is 0 Å². The first-order chi connectivity index (χ1) is 12.8. The monoisotopic (exact) mass is 389 g/mol. The van der Waals surface area contributed by atoms with Crippen LogP contribution in [0.25, 0.3) is 11.0 Å². The van der Waals surface area contributed by atoms with Gasteiger partial charge in [0.15, 0.2) is 0 Å². The van der Waals surface area contributed by atoms with E-state index >= 15 is 0 Å². The fourth-order valence-electron chi connectivity index (χ4n) is 3.14. The molecule has 0 saturated heterocycles. The third-order valence-electron chi connectivity index (χ3n) is 4.94. The van der Waals surface area contributed by atoms with Crippen molar-refractivity contribution in [3.8, 4) is 0 Å². The maximum Gasteiger partial charge on any atom is 0.314 e. The molecule has 1 aromatic carbocycles. The SMILES string of the molecule is C[C@@H]1C[C@@H]1c1ccc(CN(C)S(=O)(=O)c2ccc3[nH]c(=O)c(=O)[nH]c3c2)o1. The van der Waals surface area contributed by atoms with Gasteiger partial charge in [0.1, 0.15) is 11.5 Å². The Labute approximate surface area is 154 Å². The van der Waals surface area contributed by atoms with Gasteiger partial charge in [0.25, 0.3) is 0 Å². The van der Waals surface area contributed by atoms with Gasteiger partial charge in [-0.05, 0) is 42.7 Å². The Morgan fingerprint density at radius 1 is 1.11 bits per heavy atom. The molecular formula is C18H19N3O5S. The fourth-order valence-corrected chi connectivity index (χ4v) is 4.30. The summed E-state index contributed by atoms with van der Waals surface area (Å²) < 4.78 is 32.7. The lowest BCUT2D eigenvalue weighted by Gasteiger charge is -2.16. The van der Waals surface area contributed by atoms with E-state index in [9.17, 15) is 18.0 Å². The number of H-pyrrole nitrogens is 2. The third-order valence-corrected chi connectivity index (χ3v) is 6.74. The molecular weight excluding hydrogens is 370 g/mol. The smallest absolute Gasteiger partial charge is 0.314 e. The number of hydrogen-bond donors (Lipinski definition) is 2. The van der Waals surface area contributed by atoms with Crippen LogP contribution in [0.3, 0.4) is 0 Å². The van der Waals surface area contributed by atoms with Crippen LogP contribution < -0.4 is 11.1 Å². The highest BCUT2D eigenvalue weighted by atomic mass is 32.2. The molecule has 2 atom stereocenters. The van der Waals surface area contributed by atoms with Crippen molar-refractivity contribution in [2.45, 2.75) is 30.7 Å². The normalized spacial score (nSPS) is 19.7. The lowest BCUT2D eigenvalue weighted by molar-refractivity contribution is 0.390. The second kappa shape index (κ2) is 6.21. The summed E-state index contributed by atoms with van der Waals surface area (Å²) in [7, 11) is -2.33. The highest BCUT2D eigenvalue weighted by molar-refractivity contribution is 7.89. The maximum absolute atomic E-state index is 12.9. The van der Waals surface area contributed by atoms with Crippen molar-refractivity contribution in [2.75, 3.05) is 7.05 Å². The molecule has 1 aliphatic rings.